The fraction of sp³-hybridized carbons (Fsp3) is 0.0870. The summed E-state index contributed by atoms with van der Waals surface area (Å²) in [5, 5.41) is 3.16. The van der Waals surface area contributed by atoms with Gasteiger partial charge in [0.25, 0.3) is 0 Å². The zero-order valence-corrected chi connectivity index (χ0v) is 17.7. The van der Waals surface area contributed by atoms with E-state index >= 15 is 0 Å². The normalized spacial score (nSPS) is 10.9. The van der Waals surface area contributed by atoms with Crippen LogP contribution in [-0.2, 0) is 11.2 Å². The number of anilines is 1. The van der Waals surface area contributed by atoms with Crippen LogP contribution in [0.3, 0.4) is 0 Å². The van der Waals surface area contributed by atoms with Gasteiger partial charge in [0.05, 0.1) is 27.5 Å². The van der Waals surface area contributed by atoms with Crippen molar-refractivity contribution in [3.8, 4) is 0 Å². The third-order valence-electron chi connectivity index (χ3n) is 4.47. The second-order valence-corrected chi connectivity index (χ2v) is 8.07. The van der Waals surface area contributed by atoms with Gasteiger partial charge in [-0.25, -0.2) is 18.7 Å². The molecule has 0 aliphatic rings. The first kappa shape index (κ1) is 21.2. The van der Waals surface area contributed by atoms with Gasteiger partial charge in [-0.15, -0.1) is 0 Å². The Balaban J connectivity index is 1.56. The Hall–Kier alpha value is -3.03. The topological polar surface area (TPSA) is 54.9 Å². The molecular formula is C23H16ClF2N3OS. The Bertz CT molecular complexity index is 1270. The molecule has 4 rings (SSSR count). The number of carbonyl (C=O) groups is 1. The predicted octanol–water partition coefficient (Wildman–Crippen LogP) is 5.88. The fourth-order valence-corrected chi connectivity index (χ4v) is 3.95. The van der Waals surface area contributed by atoms with E-state index in [1.165, 1.54) is 36.0 Å². The lowest BCUT2D eigenvalue weighted by Crippen LogP contribution is -2.14. The average Bonchev–Trinajstić information content (AvgIpc) is 2.76. The molecule has 0 radical (unpaired) electrons. The standard InChI is InChI=1S/C23H16ClF2N3OS/c24-16-12-15(9-10-18(16)26)27-22(30)13-31-23-21(11-14-5-1-2-6-17(14)25)28-19-7-3-4-8-20(19)29-23/h1-10,12H,11,13H2,(H,27,30). The van der Waals surface area contributed by atoms with Crippen LogP contribution in [0.15, 0.2) is 71.8 Å². The monoisotopic (exact) mass is 455 g/mol. The number of hydrogen-bond donors (Lipinski definition) is 1. The zero-order chi connectivity index (χ0) is 21.8. The number of hydrogen-bond acceptors (Lipinski definition) is 4. The molecule has 0 saturated carbocycles. The first-order valence-corrected chi connectivity index (χ1v) is 10.7. The SMILES string of the molecule is O=C(CSc1nc2ccccc2nc1Cc1ccccc1F)Nc1ccc(F)c(Cl)c1. The van der Waals surface area contributed by atoms with Crippen molar-refractivity contribution in [2.45, 2.75) is 11.4 Å². The molecule has 4 aromatic rings. The van der Waals surface area contributed by atoms with E-state index in [1.807, 2.05) is 24.3 Å². The highest BCUT2D eigenvalue weighted by Gasteiger charge is 2.14. The van der Waals surface area contributed by atoms with Crippen LogP contribution in [0.5, 0.6) is 0 Å². The summed E-state index contributed by atoms with van der Waals surface area (Å²) in [5.41, 5.74) is 2.87. The molecular weight excluding hydrogens is 440 g/mol. The Morgan fingerprint density at radius 3 is 2.39 bits per heavy atom. The van der Waals surface area contributed by atoms with E-state index in [9.17, 15) is 13.6 Å². The van der Waals surface area contributed by atoms with E-state index in [0.717, 1.165) is 0 Å². The summed E-state index contributed by atoms with van der Waals surface area (Å²) in [7, 11) is 0. The maximum Gasteiger partial charge on any atom is 0.234 e. The van der Waals surface area contributed by atoms with Gasteiger partial charge in [0.2, 0.25) is 5.91 Å². The second kappa shape index (κ2) is 9.41. The van der Waals surface area contributed by atoms with E-state index in [0.29, 0.717) is 33.0 Å². The van der Waals surface area contributed by atoms with Gasteiger partial charge < -0.3 is 5.32 Å². The minimum absolute atomic E-state index is 0.0479. The van der Waals surface area contributed by atoms with E-state index in [2.05, 4.69) is 15.3 Å². The number of fused-ring (bicyclic) bond motifs is 1. The Morgan fingerprint density at radius 2 is 1.65 bits per heavy atom. The molecule has 0 bridgehead atoms. The fourth-order valence-electron chi connectivity index (χ4n) is 2.98. The molecule has 3 aromatic carbocycles. The largest absolute Gasteiger partial charge is 0.325 e. The van der Waals surface area contributed by atoms with Gasteiger partial charge in [0.15, 0.2) is 0 Å². The molecule has 1 N–H and O–H groups in total. The van der Waals surface area contributed by atoms with Crippen LogP contribution in [0.4, 0.5) is 14.5 Å². The number of nitrogens with zero attached hydrogens (tertiary/aromatic N) is 2. The van der Waals surface area contributed by atoms with Crippen molar-refractivity contribution in [1.82, 2.24) is 9.97 Å². The van der Waals surface area contributed by atoms with Crippen molar-refractivity contribution >= 4 is 46.0 Å². The molecule has 1 aromatic heterocycles. The van der Waals surface area contributed by atoms with Crippen LogP contribution in [0.25, 0.3) is 11.0 Å². The summed E-state index contributed by atoms with van der Waals surface area (Å²) in [6.07, 6.45) is 0.252. The minimum atomic E-state index is -0.557. The van der Waals surface area contributed by atoms with Gasteiger partial charge in [0, 0.05) is 12.1 Å². The maximum atomic E-state index is 14.2. The van der Waals surface area contributed by atoms with Gasteiger partial charge in [-0.3, -0.25) is 4.79 Å². The molecule has 1 heterocycles. The number of aromatic nitrogens is 2. The van der Waals surface area contributed by atoms with Crippen molar-refractivity contribution < 1.29 is 13.6 Å². The molecule has 0 spiro atoms. The van der Waals surface area contributed by atoms with Crippen LogP contribution in [-0.4, -0.2) is 21.6 Å². The molecule has 0 atom stereocenters. The summed E-state index contributed by atoms with van der Waals surface area (Å²) in [5.74, 6) is -1.14. The van der Waals surface area contributed by atoms with Gasteiger partial charge in [-0.05, 0) is 42.0 Å². The summed E-state index contributed by atoms with van der Waals surface area (Å²) in [6, 6.07) is 17.9. The van der Waals surface area contributed by atoms with Gasteiger partial charge in [-0.1, -0.05) is 53.7 Å². The van der Waals surface area contributed by atoms with Crippen molar-refractivity contribution in [3.63, 3.8) is 0 Å². The Morgan fingerprint density at radius 1 is 0.935 bits per heavy atom. The van der Waals surface area contributed by atoms with Gasteiger partial charge in [0.1, 0.15) is 16.7 Å². The van der Waals surface area contributed by atoms with Crippen LogP contribution < -0.4 is 5.32 Å². The van der Waals surface area contributed by atoms with Gasteiger partial charge >= 0.3 is 0 Å². The second-order valence-electron chi connectivity index (χ2n) is 6.70. The highest BCUT2D eigenvalue weighted by atomic mass is 35.5. The van der Waals surface area contributed by atoms with E-state index in [-0.39, 0.29) is 28.9 Å². The Kier molecular flexibility index (Phi) is 6.44. The van der Waals surface area contributed by atoms with Crippen molar-refractivity contribution in [2.75, 3.05) is 11.1 Å². The number of benzene rings is 3. The molecule has 0 fully saturated rings. The van der Waals surface area contributed by atoms with Crippen LogP contribution in [0.2, 0.25) is 5.02 Å². The summed E-state index contributed by atoms with van der Waals surface area (Å²) < 4.78 is 27.5. The lowest BCUT2D eigenvalue weighted by atomic mass is 10.1. The number of para-hydroxylation sites is 2. The molecule has 0 aliphatic carbocycles. The number of amides is 1. The quantitative estimate of drug-likeness (QED) is 0.369. The predicted molar refractivity (Wildman–Crippen MR) is 120 cm³/mol. The van der Waals surface area contributed by atoms with Crippen molar-refractivity contribution in [3.05, 3.63) is 94.6 Å². The van der Waals surface area contributed by atoms with E-state index in [4.69, 9.17) is 11.6 Å². The number of halogens is 3. The van der Waals surface area contributed by atoms with Crippen LogP contribution >= 0.6 is 23.4 Å². The van der Waals surface area contributed by atoms with Crippen LogP contribution in [0, 0.1) is 11.6 Å². The molecule has 4 nitrogen and oxygen atoms in total. The van der Waals surface area contributed by atoms with E-state index < -0.39 is 5.82 Å². The van der Waals surface area contributed by atoms with E-state index in [1.54, 1.807) is 18.2 Å². The molecule has 8 heteroatoms. The number of carbonyl (C=O) groups excluding carboxylic acids is 1. The molecule has 0 saturated heterocycles. The summed E-state index contributed by atoms with van der Waals surface area (Å²) >= 11 is 6.96. The molecule has 1 amide bonds. The zero-order valence-electron chi connectivity index (χ0n) is 16.1. The van der Waals surface area contributed by atoms with Gasteiger partial charge in [-0.2, -0.15) is 0 Å². The summed E-state index contributed by atoms with van der Waals surface area (Å²) in [4.78, 5) is 21.7. The summed E-state index contributed by atoms with van der Waals surface area (Å²) in [6.45, 7) is 0. The molecule has 0 aliphatic heterocycles. The lowest BCUT2D eigenvalue weighted by Gasteiger charge is -2.11. The Labute approximate surface area is 186 Å². The van der Waals surface area contributed by atoms with Crippen LogP contribution in [0.1, 0.15) is 11.3 Å². The highest BCUT2D eigenvalue weighted by molar-refractivity contribution is 8.00. The number of nitrogens with one attached hydrogen (secondary N) is 1. The molecule has 0 unspecified atom stereocenters. The average molecular weight is 456 g/mol. The molecule has 31 heavy (non-hydrogen) atoms. The first-order chi connectivity index (χ1) is 15.0. The lowest BCUT2D eigenvalue weighted by molar-refractivity contribution is -0.113. The van der Waals surface area contributed by atoms with Crippen molar-refractivity contribution in [1.29, 1.82) is 0 Å². The number of rotatable bonds is 6. The third-order valence-corrected chi connectivity index (χ3v) is 5.76. The number of thioether (sulfide) groups is 1. The van der Waals surface area contributed by atoms with Crippen molar-refractivity contribution in [2.24, 2.45) is 0 Å². The molecule has 156 valence electrons. The smallest absolute Gasteiger partial charge is 0.234 e. The minimum Gasteiger partial charge on any atom is -0.325 e. The first-order valence-electron chi connectivity index (χ1n) is 9.36. The highest BCUT2D eigenvalue weighted by Crippen LogP contribution is 2.26. The third kappa shape index (κ3) is 5.18. The maximum absolute atomic E-state index is 14.2.